The Hall–Kier alpha value is -2.46. The summed E-state index contributed by atoms with van der Waals surface area (Å²) in [6.45, 7) is 1.78. The van der Waals surface area contributed by atoms with E-state index < -0.39 is 27.6 Å². The van der Waals surface area contributed by atoms with Gasteiger partial charge in [-0.15, -0.1) is 0 Å². The molecule has 1 unspecified atom stereocenters. The molecule has 0 aromatic heterocycles. The summed E-state index contributed by atoms with van der Waals surface area (Å²) in [5.74, 6) is -0.495. The highest BCUT2D eigenvalue weighted by atomic mass is 32.2. The number of hydrogen-bond donors (Lipinski definition) is 2. The summed E-state index contributed by atoms with van der Waals surface area (Å²) < 4.78 is 23.1. The third kappa shape index (κ3) is 4.34. The molecule has 0 bridgehead atoms. The van der Waals surface area contributed by atoms with Gasteiger partial charge in [0.2, 0.25) is 15.9 Å². The van der Waals surface area contributed by atoms with E-state index in [4.69, 9.17) is 5.14 Å². The summed E-state index contributed by atoms with van der Waals surface area (Å²) in [6.07, 6.45) is 4.12. The van der Waals surface area contributed by atoms with E-state index in [9.17, 15) is 22.8 Å². The number of rotatable bonds is 6. The van der Waals surface area contributed by atoms with Gasteiger partial charge >= 0.3 is 6.03 Å². The molecular formula is C20H28N4O5S. The topological polar surface area (TPSA) is 130 Å². The van der Waals surface area contributed by atoms with E-state index in [1.54, 1.807) is 26.1 Å². The van der Waals surface area contributed by atoms with E-state index in [-0.39, 0.29) is 29.7 Å². The predicted octanol–water partition coefficient (Wildman–Crippen LogP) is 1.50. The molecule has 1 saturated heterocycles. The zero-order valence-electron chi connectivity index (χ0n) is 17.3. The maximum Gasteiger partial charge on any atom is 0.325 e. The van der Waals surface area contributed by atoms with Crippen LogP contribution in [0.15, 0.2) is 29.2 Å². The molecule has 30 heavy (non-hydrogen) atoms. The number of nitrogens with zero attached hydrogens (tertiary/aromatic N) is 2. The Bertz CT molecular complexity index is 956. The van der Waals surface area contributed by atoms with Gasteiger partial charge in [-0.2, -0.15) is 0 Å². The maximum atomic E-state index is 12.8. The molecule has 1 atom stereocenters. The van der Waals surface area contributed by atoms with Gasteiger partial charge in [-0.1, -0.05) is 31.4 Å². The average molecular weight is 437 g/mol. The molecule has 3 rings (SSSR count). The highest BCUT2D eigenvalue weighted by molar-refractivity contribution is 7.89. The first-order valence-electron chi connectivity index (χ1n) is 10.1. The van der Waals surface area contributed by atoms with Crippen molar-refractivity contribution in [2.45, 2.75) is 61.9 Å². The average Bonchev–Trinajstić information content (AvgIpc) is 2.94. The number of amides is 4. The largest absolute Gasteiger partial charge is 0.339 e. The number of sulfonamides is 1. The number of benzene rings is 1. The molecule has 1 saturated carbocycles. The monoisotopic (exact) mass is 436 g/mol. The lowest BCUT2D eigenvalue weighted by Crippen LogP contribution is -2.48. The molecule has 4 amide bonds. The molecule has 2 fully saturated rings. The third-order valence-corrected chi connectivity index (χ3v) is 7.06. The highest BCUT2D eigenvalue weighted by Gasteiger charge is 2.51. The quantitative estimate of drug-likeness (QED) is 0.653. The van der Waals surface area contributed by atoms with Crippen LogP contribution < -0.4 is 10.5 Å². The Labute approximate surface area is 176 Å². The van der Waals surface area contributed by atoms with Gasteiger partial charge in [-0.05, 0) is 37.5 Å². The highest BCUT2D eigenvalue weighted by Crippen LogP contribution is 2.33. The Balaban J connectivity index is 1.63. The first-order valence-corrected chi connectivity index (χ1v) is 11.6. The predicted molar refractivity (Wildman–Crippen MR) is 110 cm³/mol. The molecule has 2 aliphatic rings. The van der Waals surface area contributed by atoms with Crippen molar-refractivity contribution in [2.24, 2.45) is 5.14 Å². The smallest absolute Gasteiger partial charge is 0.325 e. The SMILES string of the molecule is CC(c1cccc(S(N)(=O)=O)c1)N(C)C(=O)CCN1C(=O)NC2(CCCCC2)C1=O. The van der Waals surface area contributed by atoms with Crippen LogP contribution in [0.2, 0.25) is 0 Å². The summed E-state index contributed by atoms with van der Waals surface area (Å²) in [5.41, 5.74) is -0.181. The second-order valence-corrected chi connectivity index (χ2v) is 9.64. The Morgan fingerprint density at radius 1 is 1.27 bits per heavy atom. The van der Waals surface area contributed by atoms with E-state index in [0.717, 1.165) is 24.2 Å². The van der Waals surface area contributed by atoms with Crippen molar-refractivity contribution in [1.29, 1.82) is 0 Å². The van der Waals surface area contributed by atoms with E-state index in [2.05, 4.69) is 5.32 Å². The second-order valence-electron chi connectivity index (χ2n) is 8.08. The molecule has 1 aromatic rings. The molecule has 1 heterocycles. The number of nitrogens with one attached hydrogen (secondary N) is 1. The van der Waals surface area contributed by atoms with Crippen LogP contribution in [0, 0.1) is 0 Å². The zero-order valence-corrected chi connectivity index (χ0v) is 18.1. The second kappa shape index (κ2) is 8.35. The van der Waals surface area contributed by atoms with Crippen LogP contribution in [0.5, 0.6) is 0 Å². The van der Waals surface area contributed by atoms with Gasteiger partial charge in [0.1, 0.15) is 5.54 Å². The lowest BCUT2D eigenvalue weighted by atomic mass is 9.82. The van der Waals surface area contributed by atoms with E-state index in [0.29, 0.717) is 18.4 Å². The molecule has 3 N–H and O–H groups in total. The Morgan fingerprint density at radius 2 is 1.93 bits per heavy atom. The van der Waals surface area contributed by atoms with Crippen molar-refractivity contribution in [1.82, 2.24) is 15.1 Å². The fraction of sp³-hybridized carbons (Fsp3) is 0.550. The summed E-state index contributed by atoms with van der Waals surface area (Å²) in [7, 11) is -2.24. The van der Waals surface area contributed by atoms with E-state index in [1.807, 2.05) is 0 Å². The summed E-state index contributed by atoms with van der Waals surface area (Å²) in [4.78, 5) is 40.4. The standard InChI is InChI=1S/C20H28N4O5S/c1-14(15-7-6-8-16(13-15)30(21,28)29)23(2)17(25)9-12-24-18(26)20(22-19(24)27)10-4-3-5-11-20/h6-8,13-14H,3-5,9-12H2,1-2H3,(H,22,27)(H2,21,28,29). The summed E-state index contributed by atoms with van der Waals surface area (Å²) in [5, 5.41) is 8.02. The van der Waals surface area contributed by atoms with Gasteiger partial charge in [0, 0.05) is 20.0 Å². The van der Waals surface area contributed by atoms with Gasteiger partial charge in [-0.25, -0.2) is 18.4 Å². The van der Waals surface area contributed by atoms with Crippen LogP contribution in [0.1, 0.15) is 57.1 Å². The molecule has 0 radical (unpaired) electrons. The minimum absolute atomic E-state index is 0.00897. The number of carbonyl (C=O) groups excluding carboxylic acids is 3. The lowest BCUT2D eigenvalue weighted by molar-refractivity contribution is -0.134. The van der Waals surface area contributed by atoms with Crippen molar-refractivity contribution in [3.63, 3.8) is 0 Å². The molecule has 9 nitrogen and oxygen atoms in total. The van der Waals surface area contributed by atoms with Crippen molar-refractivity contribution < 1.29 is 22.8 Å². The number of urea groups is 1. The fourth-order valence-electron chi connectivity index (χ4n) is 4.15. The Morgan fingerprint density at radius 3 is 2.57 bits per heavy atom. The molecular weight excluding hydrogens is 408 g/mol. The number of nitrogens with two attached hydrogens (primary N) is 1. The van der Waals surface area contributed by atoms with Crippen LogP contribution in [-0.4, -0.2) is 55.2 Å². The maximum absolute atomic E-state index is 12.8. The molecule has 1 aliphatic heterocycles. The van der Waals surface area contributed by atoms with Crippen LogP contribution >= 0.6 is 0 Å². The first-order chi connectivity index (χ1) is 14.0. The fourth-order valence-corrected chi connectivity index (χ4v) is 4.72. The van der Waals surface area contributed by atoms with Crippen LogP contribution in [0.3, 0.4) is 0 Å². The molecule has 1 aliphatic carbocycles. The van der Waals surface area contributed by atoms with Gasteiger partial charge in [-0.3, -0.25) is 14.5 Å². The summed E-state index contributed by atoms with van der Waals surface area (Å²) >= 11 is 0. The Kier molecular flexibility index (Phi) is 6.19. The van der Waals surface area contributed by atoms with E-state index in [1.165, 1.54) is 17.0 Å². The minimum atomic E-state index is -3.84. The van der Waals surface area contributed by atoms with Crippen molar-refractivity contribution >= 4 is 27.9 Å². The van der Waals surface area contributed by atoms with Crippen LogP contribution in [-0.2, 0) is 19.6 Å². The van der Waals surface area contributed by atoms with Gasteiger partial charge in [0.15, 0.2) is 0 Å². The molecule has 164 valence electrons. The molecule has 1 spiro atoms. The molecule has 10 heteroatoms. The first kappa shape index (κ1) is 22.2. The van der Waals surface area contributed by atoms with E-state index >= 15 is 0 Å². The minimum Gasteiger partial charge on any atom is -0.339 e. The van der Waals surface area contributed by atoms with Gasteiger partial charge < -0.3 is 10.2 Å². The molecule has 1 aromatic carbocycles. The zero-order chi connectivity index (χ0) is 22.1. The van der Waals surface area contributed by atoms with Crippen molar-refractivity contribution in [3.05, 3.63) is 29.8 Å². The van der Waals surface area contributed by atoms with Gasteiger partial charge in [0.25, 0.3) is 5.91 Å². The number of imide groups is 1. The number of carbonyl (C=O) groups is 3. The van der Waals surface area contributed by atoms with Crippen molar-refractivity contribution in [2.75, 3.05) is 13.6 Å². The van der Waals surface area contributed by atoms with Crippen LogP contribution in [0.4, 0.5) is 4.79 Å². The third-order valence-electron chi connectivity index (χ3n) is 6.15. The van der Waals surface area contributed by atoms with Crippen LogP contribution in [0.25, 0.3) is 0 Å². The number of hydrogen-bond acceptors (Lipinski definition) is 5. The summed E-state index contributed by atoms with van der Waals surface area (Å²) in [6, 6.07) is 5.27. The lowest BCUT2D eigenvalue weighted by Gasteiger charge is -2.30. The van der Waals surface area contributed by atoms with Crippen molar-refractivity contribution in [3.8, 4) is 0 Å². The normalized spacial score (nSPS) is 19.6. The number of primary sulfonamides is 1. The van der Waals surface area contributed by atoms with Gasteiger partial charge in [0.05, 0.1) is 10.9 Å².